The Labute approximate surface area is 258 Å². The lowest BCUT2D eigenvalue weighted by Gasteiger charge is -2.16. The van der Waals surface area contributed by atoms with Crippen molar-refractivity contribution in [1.29, 1.82) is 0 Å². The summed E-state index contributed by atoms with van der Waals surface area (Å²) in [4.78, 5) is 28.8. The second-order valence-corrected chi connectivity index (χ2v) is 11.4. The van der Waals surface area contributed by atoms with Gasteiger partial charge in [-0.3, -0.25) is 19.9 Å². The zero-order chi connectivity index (χ0) is 30.8. The third kappa shape index (κ3) is 6.21. The van der Waals surface area contributed by atoms with Gasteiger partial charge >= 0.3 is 5.97 Å². The van der Waals surface area contributed by atoms with Gasteiger partial charge in [-0.15, -0.1) is 0 Å². The van der Waals surface area contributed by atoms with E-state index in [9.17, 15) is 14.9 Å². The molecule has 1 atom stereocenters. The van der Waals surface area contributed by atoms with Crippen molar-refractivity contribution in [2.45, 2.75) is 33.1 Å². The molecule has 5 aromatic rings. The summed E-state index contributed by atoms with van der Waals surface area (Å²) < 4.78 is 17.7. The second kappa shape index (κ2) is 12.5. The molecule has 1 unspecified atom stereocenters. The molecule has 0 amide bonds. The van der Waals surface area contributed by atoms with Crippen LogP contribution in [0.5, 0.6) is 5.75 Å². The number of hydrogen-bond donors (Lipinski definition) is 0. The van der Waals surface area contributed by atoms with Gasteiger partial charge in [0.25, 0.3) is 5.69 Å². The van der Waals surface area contributed by atoms with Gasteiger partial charge in [0.1, 0.15) is 11.3 Å². The van der Waals surface area contributed by atoms with Gasteiger partial charge in [-0.25, -0.2) is 0 Å². The third-order valence-corrected chi connectivity index (χ3v) is 7.72. The maximum atomic E-state index is 13.7. The second-order valence-electron chi connectivity index (χ2n) is 10.6. The number of nitrogens with zero attached hydrogens (tertiary/aromatic N) is 2. The lowest BCUT2D eigenvalue weighted by Crippen LogP contribution is -2.13. The predicted molar refractivity (Wildman–Crippen MR) is 169 cm³/mol. The molecular weight excluding hydrogens is 591 g/mol. The molecule has 0 aliphatic rings. The van der Waals surface area contributed by atoms with Crippen LogP contribution in [0.2, 0.25) is 10.0 Å². The summed E-state index contributed by atoms with van der Waals surface area (Å²) in [7, 11) is 1.49. The highest BCUT2D eigenvalue weighted by Crippen LogP contribution is 2.42. The summed E-state index contributed by atoms with van der Waals surface area (Å²) in [6, 6.07) is 15.6. The normalized spacial score (nSPS) is 12.6. The molecule has 0 aliphatic carbocycles. The number of nitro groups is 1. The van der Waals surface area contributed by atoms with Crippen LogP contribution >= 0.6 is 23.2 Å². The van der Waals surface area contributed by atoms with E-state index in [1.54, 1.807) is 25.1 Å². The Morgan fingerprint density at radius 1 is 1.05 bits per heavy atom. The van der Waals surface area contributed by atoms with Crippen LogP contribution in [0.1, 0.15) is 48.9 Å². The van der Waals surface area contributed by atoms with Crippen LogP contribution < -0.4 is 4.74 Å². The third-order valence-electron chi connectivity index (χ3n) is 7.12. The summed E-state index contributed by atoms with van der Waals surface area (Å²) in [5.41, 5.74) is 3.39. The number of rotatable bonds is 9. The topological polar surface area (TPSA) is 105 Å². The highest BCUT2D eigenvalue weighted by Gasteiger charge is 2.25. The predicted octanol–water partition coefficient (Wildman–Crippen LogP) is 9.25. The number of aromatic nitrogens is 1. The van der Waals surface area contributed by atoms with Crippen molar-refractivity contribution in [3.63, 3.8) is 0 Å². The van der Waals surface area contributed by atoms with Crippen LogP contribution in [0.15, 0.2) is 71.4 Å². The molecule has 5 rings (SSSR count). The fraction of sp³-hybridized carbons (Fsp3) is 0.212. The SMILES string of the molecule is COc1ccc(C(=Cc2c(Cl)cncc2Cl)OC(=O)C(C)c2ccc(CC(C)C)cc2)c2c1oc1ccc([N+](=O)[O-])cc12. The van der Waals surface area contributed by atoms with E-state index in [1.807, 2.05) is 24.3 Å². The van der Waals surface area contributed by atoms with Gasteiger partial charge in [-0.05, 0) is 54.7 Å². The largest absolute Gasteiger partial charge is 0.493 e. The van der Waals surface area contributed by atoms with E-state index in [4.69, 9.17) is 37.1 Å². The number of furan rings is 1. The number of esters is 1. The van der Waals surface area contributed by atoms with Crippen LogP contribution in [0.4, 0.5) is 5.69 Å². The molecule has 220 valence electrons. The first-order valence-corrected chi connectivity index (χ1v) is 14.3. The number of non-ortho nitro benzene ring substituents is 1. The first-order chi connectivity index (χ1) is 20.6. The fourth-order valence-corrected chi connectivity index (χ4v) is 5.40. The summed E-state index contributed by atoms with van der Waals surface area (Å²) in [5, 5.41) is 13.0. The number of carbonyl (C=O) groups excluding carboxylic acids is 1. The zero-order valence-corrected chi connectivity index (χ0v) is 25.4. The molecule has 3 aromatic carbocycles. The minimum absolute atomic E-state index is 0.116. The van der Waals surface area contributed by atoms with Crippen molar-refractivity contribution < 1.29 is 23.6 Å². The van der Waals surface area contributed by atoms with E-state index in [-0.39, 0.29) is 21.5 Å². The van der Waals surface area contributed by atoms with Crippen LogP contribution in [-0.2, 0) is 16.0 Å². The van der Waals surface area contributed by atoms with Crippen LogP contribution in [0, 0.1) is 16.0 Å². The van der Waals surface area contributed by atoms with Gasteiger partial charge in [0, 0.05) is 46.4 Å². The Bertz CT molecular complexity index is 1860. The summed E-state index contributed by atoms with van der Waals surface area (Å²) in [6.45, 7) is 6.07. The zero-order valence-electron chi connectivity index (χ0n) is 23.9. The quantitative estimate of drug-likeness (QED) is 0.0701. The van der Waals surface area contributed by atoms with Gasteiger partial charge in [-0.1, -0.05) is 61.3 Å². The molecule has 0 radical (unpaired) electrons. The molecule has 8 nitrogen and oxygen atoms in total. The van der Waals surface area contributed by atoms with Crippen molar-refractivity contribution in [2.24, 2.45) is 5.92 Å². The molecule has 0 fully saturated rings. The molecule has 0 bridgehead atoms. The maximum Gasteiger partial charge on any atom is 0.318 e. The Balaban J connectivity index is 1.67. The van der Waals surface area contributed by atoms with Gasteiger partial charge in [0.2, 0.25) is 0 Å². The highest BCUT2D eigenvalue weighted by molar-refractivity contribution is 6.37. The molecular formula is C33H28Cl2N2O6. The molecule has 0 N–H and O–H groups in total. The van der Waals surface area contributed by atoms with E-state index < -0.39 is 16.8 Å². The highest BCUT2D eigenvalue weighted by atomic mass is 35.5. The number of methoxy groups -OCH3 is 1. The molecule has 2 aromatic heterocycles. The van der Waals surface area contributed by atoms with E-state index in [0.717, 1.165) is 12.0 Å². The number of nitro benzene ring substituents is 1. The molecule has 0 saturated carbocycles. The number of pyridine rings is 1. The van der Waals surface area contributed by atoms with Gasteiger partial charge < -0.3 is 13.9 Å². The lowest BCUT2D eigenvalue weighted by molar-refractivity contribution is -0.384. The number of benzene rings is 3. The number of hydrogen-bond acceptors (Lipinski definition) is 7. The van der Waals surface area contributed by atoms with Crippen molar-refractivity contribution in [2.75, 3.05) is 7.11 Å². The van der Waals surface area contributed by atoms with E-state index >= 15 is 0 Å². The number of fused-ring (bicyclic) bond motifs is 3. The molecule has 10 heteroatoms. The smallest absolute Gasteiger partial charge is 0.318 e. The fourth-order valence-electron chi connectivity index (χ4n) is 4.92. The minimum atomic E-state index is -0.615. The molecule has 43 heavy (non-hydrogen) atoms. The van der Waals surface area contributed by atoms with Gasteiger partial charge in [0.05, 0.1) is 28.0 Å². The molecule has 0 aliphatic heterocycles. The minimum Gasteiger partial charge on any atom is -0.493 e. The van der Waals surface area contributed by atoms with Crippen molar-refractivity contribution in [3.8, 4) is 5.75 Å². The van der Waals surface area contributed by atoms with E-state index in [2.05, 4.69) is 18.8 Å². The summed E-state index contributed by atoms with van der Waals surface area (Å²) in [6.07, 6.45) is 5.35. The first kappa shape index (κ1) is 30.1. The molecule has 0 saturated heterocycles. The molecule has 0 spiro atoms. The summed E-state index contributed by atoms with van der Waals surface area (Å²) >= 11 is 12.9. The van der Waals surface area contributed by atoms with Gasteiger partial charge in [0.15, 0.2) is 11.3 Å². The first-order valence-electron chi connectivity index (χ1n) is 13.6. The lowest BCUT2D eigenvalue weighted by atomic mass is 9.96. The van der Waals surface area contributed by atoms with E-state index in [0.29, 0.717) is 44.7 Å². The van der Waals surface area contributed by atoms with Crippen LogP contribution in [0.3, 0.4) is 0 Å². The number of ether oxygens (including phenoxy) is 2. The van der Waals surface area contributed by atoms with E-state index in [1.165, 1.54) is 43.3 Å². The maximum absolute atomic E-state index is 13.7. The summed E-state index contributed by atoms with van der Waals surface area (Å²) in [5.74, 6) is -0.111. The van der Waals surface area contributed by atoms with Crippen molar-refractivity contribution in [3.05, 3.63) is 109 Å². The Morgan fingerprint density at radius 3 is 2.37 bits per heavy atom. The number of carbonyl (C=O) groups is 1. The Hall–Kier alpha value is -4.40. The molecule has 2 heterocycles. The van der Waals surface area contributed by atoms with Crippen LogP contribution in [0.25, 0.3) is 33.8 Å². The average molecular weight is 620 g/mol. The monoisotopic (exact) mass is 618 g/mol. The number of halogens is 2. The Kier molecular flexibility index (Phi) is 8.71. The van der Waals surface area contributed by atoms with Crippen LogP contribution in [-0.4, -0.2) is 23.0 Å². The van der Waals surface area contributed by atoms with Crippen molar-refractivity contribution >= 4 is 68.6 Å². The van der Waals surface area contributed by atoms with Crippen molar-refractivity contribution in [1.82, 2.24) is 4.98 Å². The standard InChI is InChI=1S/C33H28Cl2N2O6/c1-18(2)13-20-5-7-21(8-6-20)19(3)33(38)43-30(15-24-26(34)16-36-17-27(24)35)23-10-12-29(41-4)32-31(23)25-14-22(37(39)40)9-11-28(25)42-32/h5-12,14-19H,13H2,1-4H3. The van der Waals surface area contributed by atoms with Gasteiger partial charge in [-0.2, -0.15) is 0 Å². The Morgan fingerprint density at radius 2 is 1.74 bits per heavy atom. The average Bonchev–Trinajstić information content (AvgIpc) is 3.37.